The second kappa shape index (κ2) is 5.08. The van der Waals surface area contributed by atoms with Gasteiger partial charge in [-0.3, -0.25) is 0 Å². The molecule has 104 valence electrons. The average molecular weight is 326 g/mol. The van der Waals surface area contributed by atoms with Crippen molar-refractivity contribution in [2.45, 2.75) is 43.7 Å². The van der Waals surface area contributed by atoms with Crippen LogP contribution in [0.3, 0.4) is 0 Å². The number of halogens is 1. The summed E-state index contributed by atoms with van der Waals surface area (Å²) in [5, 5.41) is 24.5. The van der Waals surface area contributed by atoms with E-state index >= 15 is 0 Å². The van der Waals surface area contributed by atoms with Crippen LogP contribution in [0.1, 0.15) is 43.7 Å². The summed E-state index contributed by atoms with van der Waals surface area (Å²) in [7, 11) is 0. The Kier molecular flexibility index (Phi) is 3.58. The van der Waals surface area contributed by atoms with Gasteiger partial charge >= 0.3 is 0 Å². The number of fused-ring (bicyclic) bond motifs is 1. The predicted molar refractivity (Wildman–Crippen MR) is 78.1 cm³/mol. The maximum Gasteiger partial charge on any atom is 0.120 e. The summed E-state index contributed by atoms with van der Waals surface area (Å²) in [4.78, 5) is 0. The lowest BCUT2D eigenvalue weighted by Crippen LogP contribution is -2.53. The lowest BCUT2D eigenvalue weighted by atomic mass is 9.66. The van der Waals surface area contributed by atoms with Gasteiger partial charge in [-0.15, -0.1) is 0 Å². The van der Waals surface area contributed by atoms with Crippen LogP contribution >= 0.6 is 15.9 Å². The smallest absolute Gasteiger partial charge is 0.120 e. The molecule has 1 aliphatic heterocycles. The average Bonchev–Trinajstić information content (AvgIpc) is 2.40. The van der Waals surface area contributed by atoms with Gasteiger partial charge in [0.05, 0.1) is 5.60 Å². The van der Waals surface area contributed by atoms with Crippen LogP contribution in [0.2, 0.25) is 0 Å². The Morgan fingerprint density at radius 1 is 1.26 bits per heavy atom. The van der Waals surface area contributed by atoms with E-state index in [2.05, 4.69) is 21.2 Å². The van der Waals surface area contributed by atoms with Crippen LogP contribution < -0.4 is 5.32 Å². The Morgan fingerprint density at radius 2 is 2.11 bits per heavy atom. The van der Waals surface area contributed by atoms with Crippen LogP contribution in [0.15, 0.2) is 22.7 Å². The number of hydrogen-bond donors (Lipinski definition) is 3. The van der Waals surface area contributed by atoms with Crippen molar-refractivity contribution in [3.05, 3.63) is 28.2 Å². The van der Waals surface area contributed by atoms with Crippen molar-refractivity contribution in [2.24, 2.45) is 5.92 Å². The maximum atomic E-state index is 10.8. The number of rotatable bonds is 1. The topological polar surface area (TPSA) is 52.5 Å². The van der Waals surface area contributed by atoms with Crippen molar-refractivity contribution in [3.63, 3.8) is 0 Å². The van der Waals surface area contributed by atoms with Gasteiger partial charge in [0.2, 0.25) is 0 Å². The summed E-state index contributed by atoms with van der Waals surface area (Å²) in [6.07, 6.45) is 5.03. The Balaban J connectivity index is 1.96. The van der Waals surface area contributed by atoms with Gasteiger partial charge in [-0.05, 0) is 44.0 Å². The zero-order valence-corrected chi connectivity index (χ0v) is 12.5. The zero-order chi connectivity index (χ0) is 13.5. The van der Waals surface area contributed by atoms with E-state index in [4.69, 9.17) is 0 Å². The highest BCUT2D eigenvalue weighted by atomic mass is 79.9. The summed E-state index contributed by atoms with van der Waals surface area (Å²) >= 11 is 3.46. The van der Waals surface area contributed by atoms with Crippen LogP contribution in [0.4, 0.5) is 0 Å². The van der Waals surface area contributed by atoms with Crippen molar-refractivity contribution in [3.8, 4) is 5.75 Å². The van der Waals surface area contributed by atoms with Gasteiger partial charge in [-0.1, -0.05) is 28.8 Å². The molecule has 3 atom stereocenters. The van der Waals surface area contributed by atoms with Crippen LogP contribution in [0, 0.1) is 5.92 Å². The molecule has 3 nitrogen and oxygen atoms in total. The van der Waals surface area contributed by atoms with Crippen molar-refractivity contribution in [1.29, 1.82) is 0 Å². The molecule has 0 bridgehead atoms. The molecule has 1 aromatic carbocycles. The molecule has 0 spiro atoms. The van der Waals surface area contributed by atoms with E-state index in [1.54, 1.807) is 6.07 Å². The highest BCUT2D eigenvalue weighted by molar-refractivity contribution is 9.10. The third kappa shape index (κ3) is 2.41. The van der Waals surface area contributed by atoms with Crippen molar-refractivity contribution in [1.82, 2.24) is 5.32 Å². The summed E-state index contributed by atoms with van der Waals surface area (Å²) in [5.41, 5.74) is 0.350. The molecule has 1 saturated carbocycles. The summed E-state index contributed by atoms with van der Waals surface area (Å²) < 4.78 is 0.965. The van der Waals surface area contributed by atoms with E-state index in [-0.39, 0.29) is 12.0 Å². The first kappa shape index (κ1) is 13.4. The van der Waals surface area contributed by atoms with Crippen molar-refractivity contribution in [2.75, 3.05) is 6.54 Å². The first-order valence-corrected chi connectivity index (χ1v) is 7.84. The van der Waals surface area contributed by atoms with Gasteiger partial charge in [-0.25, -0.2) is 0 Å². The molecule has 2 aliphatic rings. The molecular formula is C15H20BrNO2. The van der Waals surface area contributed by atoms with Crippen LogP contribution in [-0.2, 0) is 0 Å². The molecule has 1 heterocycles. The third-order valence-electron chi connectivity index (χ3n) is 4.71. The normalized spacial score (nSPS) is 34.8. The molecule has 0 amide bonds. The largest absolute Gasteiger partial charge is 0.508 e. The van der Waals surface area contributed by atoms with Gasteiger partial charge in [0.15, 0.2) is 0 Å². The minimum atomic E-state index is -0.553. The number of phenolic OH excluding ortho intramolecular Hbond substituents is 1. The van der Waals surface area contributed by atoms with Gasteiger partial charge in [-0.2, -0.15) is 0 Å². The fourth-order valence-electron chi connectivity index (χ4n) is 3.72. The van der Waals surface area contributed by atoms with E-state index in [0.717, 1.165) is 42.3 Å². The molecule has 3 rings (SSSR count). The second-order valence-electron chi connectivity index (χ2n) is 5.84. The monoisotopic (exact) mass is 325 g/mol. The number of nitrogens with one attached hydrogen (secondary N) is 1. The van der Waals surface area contributed by atoms with E-state index in [1.165, 1.54) is 6.42 Å². The number of phenols is 1. The standard InChI is InChI=1S/C15H20BrNO2/c16-10-4-5-13(18)11(9-10)14-12-3-1-2-6-15(12,19)7-8-17-14/h4-5,9,12,14,17-19H,1-3,6-8H2/t12-,14-,15+/m0/s1. The molecule has 19 heavy (non-hydrogen) atoms. The fourth-order valence-corrected chi connectivity index (χ4v) is 4.10. The SMILES string of the molecule is Oc1ccc(Br)cc1[C@@H]1NCC[C@]2(O)CCCC[C@@H]12. The molecular weight excluding hydrogens is 306 g/mol. The summed E-state index contributed by atoms with van der Waals surface area (Å²) in [6.45, 7) is 0.809. The Labute approximate surface area is 122 Å². The quantitative estimate of drug-likeness (QED) is 0.743. The minimum Gasteiger partial charge on any atom is -0.508 e. The maximum absolute atomic E-state index is 10.8. The van der Waals surface area contributed by atoms with Crippen molar-refractivity contribution >= 4 is 15.9 Å². The minimum absolute atomic E-state index is 0.0524. The molecule has 1 saturated heterocycles. The number of aromatic hydroxyl groups is 1. The van der Waals surface area contributed by atoms with E-state index in [1.807, 2.05) is 12.1 Å². The predicted octanol–water partition coefficient (Wildman–Crippen LogP) is 3.11. The number of aliphatic hydroxyl groups is 1. The number of piperidine rings is 1. The molecule has 4 heteroatoms. The third-order valence-corrected chi connectivity index (χ3v) is 5.21. The van der Waals surface area contributed by atoms with Gasteiger partial charge in [0.25, 0.3) is 0 Å². The van der Waals surface area contributed by atoms with E-state index < -0.39 is 5.60 Å². The molecule has 3 N–H and O–H groups in total. The lowest BCUT2D eigenvalue weighted by molar-refractivity contribution is -0.0863. The van der Waals surface area contributed by atoms with Gasteiger partial charge in [0, 0.05) is 22.0 Å². The Bertz CT molecular complexity index is 475. The molecule has 1 aromatic rings. The Hall–Kier alpha value is -0.580. The van der Waals surface area contributed by atoms with Crippen LogP contribution in [0.25, 0.3) is 0 Å². The first-order chi connectivity index (χ1) is 9.10. The van der Waals surface area contributed by atoms with E-state index in [0.29, 0.717) is 5.75 Å². The molecule has 2 fully saturated rings. The summed E-state index contributed by atoms with van der Waals surface area (Å²) in [6, 6.07) is 5.58. The Morgan fingerprint density at radius 3 is 2.95 bits per heavy atom. The van der Waals surface area contributed by atoms with Crippen molar-refractivity contribution < 1.29 is 10.2 Å². The molecule has 1 aliphatic carbocycles. The van der Waals surface area contributed by atoms with Gasteiger partial charge < -0.3 is 15.5 Å². The zero-order valence-electron chi connectivity index (χ0n) is 10.9. The van der Waals surface area contributed by atoms with Crippen LogP contribution in [0.5, 0.6) is 5.75 Å². The number of benzene rings is 1. The lowest BCUT2D eigenvalue weighted by Gasteiger charge is -2.48. The highest BCUT2D eigenvalue weighted by Crippen LogP contribution is 2.47. The van der Waals surface area contributed by atoms with Gasteiger partial charge in [0.1, 0.15) is 5.75 Å². The summed E-state index contributed by atoms with van der Waals surface area (Å²) in [5.74, 6) is 0.519. The number of hydrogen-bond acceptors (Lipinski definition) is 3. The van der Waals surface area contributed by atoms with E-state index in [9.17, 15) is 10.2 Å². The first-order valence-electron chi connectivity index (χ1n) is 7.04. The molecule has 0 aromatic heterocycles. The fraction of sp³-hybridized carbons (Fsp3) is 0.600. The molecule has 0 radical (unpaired) electrons. The molecule has 0 unspecified atom stereocenters. The highest BCUT2D eigenvalue weighted by Gasteiger charge is 2.46. The second-order valence-corrected chi connectivity index (χ2v) is 6.76. The van der Waals surface area contributed by atoms with Crippen LogP contribution in [-0.4, -0.2) is 22.4 Å².